The molecule has 4 nitrogen and oxygen atoms in total. The first-order valence-electron chi connectivity index (χ1n) is 0.979. The summed E-state index contributed by atoms with van der Waals surface area (Å²) in [6.45, 7) is 0. The van der Waals surface area contributed by atoms with Crippen molar-refractivity contribution in [2.75, 3.05) is 0 Å². The molecule has 0 bridgehead atoms. The fraction of sp³-hybridized carbons (Fsp3) is 0. The van der Waals surface area contributed by atoms with Gasteiger partial charge in [-0.25, -0.2) is 0 Å². The van der Waals surface area contributed by atoms with E-state index < -0.39 is 7.32 Å². The molecule has 6 heavy (non-hydrogen) atoms. The zero-order chi connectivity index (χ0) is 5.58. The van der Waals surface area contributed by atoms with Gasteiger partial charge in [0.1, 0.15) is 0 Å². The van der Waals surface area contributed by atoms with Gasteiger partial charge in [0, 0.05) is 0 Å². The Kier molecular flexibility index (Phi) is 15.0. The van der Waals surface area contributed by atoms with Gasteiger partial charge in [0.15, 0.2) is 0 Å². The van der Waals surface area contributed by atoms with Crippen LogP contribution < -0.4 is 0 Å². The van der Waals surface area contributed by atoms with Crippen LogP contribution in [0.4, 0.5) is 0 Å². The molecule has 0 aromatic carbocycles. The van der Waals surface area contributed by atoms with Gasteiger partial charge in [0.25, 0.3) is 0 Å². The second-order valence-electron chi connectivity index (χ2n) is 0.346. The van der Waals surface area contributed by atoms with Gasteiger partial charge >= 0.3 is 34.9 Å². The van der Waals surface area contributed by atoms with Crippen molar-refractivity contribution in [2.24, 2.45) is 0 Å². The Bertz CT molecular complexity index is 18.8. The molecule has 0 aromatic rings. The molecule has 0 aromatic heterocycles. The topological polar surface area (TPSA) is 77.8 Å². The molecule has 0 saturated carbocycles. The zero-order valence-corrected chi connectivity index (χ0v) is 5.29. The van der Waals surface area contributed by atoms with Gasteiger partial charge < -0.3 is 15.1 Å². The second kappa shape index (κ2) is 9.16. The summed E-state index contributed by atoms with van der Waals surface area (Å²) < 4.78 is 8.34. The van der Waals surface area contributed by atoms with E-state index in [1.807, 2.05) is 0 Å². The predicted molar refractivity (Wildman–Crippen MR) is 13.1 cm³/mol. The van der Waals surface area contributed by atoms with Gasteiger partial charge in [-0.2, -0.15) is 0 Å². The van der Waals surface area contributed by atoms with Gasteiger partial charge in [-0.05, 0) is 0 Å². The summed E-state index contributed by atoms with van der Waals surface area (Å²) in [7, 11) is -2.17. The summed E-state index contributed by atoms with van der Waals surface area (Å²) in [5.41, 5.74) is 0. The standard InChI is InChI=1S/BH3O3.O.Zr/c2-1(3)4;;/h2-4H;;. The Morgan fingerprint density at radius 3 is 1.17 bits per heavy atom. The molecule has 0 spiro atoms. The monoisotopic (exact) mass is 168 g/mol. The van der Waals surface area contributed by atoms with E-state index >= 15 is 0 Å². The van der Waals surface area contributed by atoms with Gasteiger partial charge in [-0.1, -0.05) is 0 Å². The zero-order valence-electron chi connectivity index (χ0n) is 2.83. The van der Waals surface area contributed by atoms with E-state index in [0.717, 1.165) is 0 Å². The van der Waals surface area contributed by atoms with Crippen LogP contribution in [0.15, 0.2) is 0 Å². The predicted octanol–water partition coefficient (Wildman–Crippen LogP) is -2.17. The normalized spacial score (nSPS) is 5.00. The minimum absolute atomic E-state index is 0.300. The van der Waals surface area contributed by atoms with Crippen molar-refractivity contribution < 1.29 is 42.6 Å². The average molecular weight is 169 g/mol. The molecule has 0 heterocycles. The van der Waals surface area contributed by atoms with Crippen molar-refractivity contribution in [3.05, 3.63) is 0 Å². The third-order valence-electron chi connectivity index (χ3n) is 0. The molecule has 0 saturated heterocycles. The van der Waals surface area contributed by atoms with Crippen LogP contribution in [-0.2, 0) is 27.5 Å². The van der Waals surface area contributed by atoms with Crippen LogP contribution >= 0.6 is 0 Å². The molecular formula is H3BO4Zr. The Balaban J connectivity index is 0. The first-order valence-corrected chi connectivity index (χ1v) is 1.98. The summed E-state index contributed by atoms with van der Waals surface area (Å²) >= 11 is 0.300. The molecule has 0 aliphatic carbocycles. The van der Waals surface area contributed by atoms with E-state index in [-0.39, 0.29) is 0 Å². The van der Waals surface area contributed by atoms with Crippen molar-refractivity contribution in [3.63, 3.8) is 0 Å². The third-order valence-corrected chi connectivity index (χ3v) is 0. The first kappa shape index (κ1) is 9.80. The number of rotatable bonds is 0. The van der Waals surface area contributed by atoms with Crippen LogP contribution in [0, 0.1) is 0 Å². The summed E-state index contributed by atoms with van der Waals surface area (Å²) in [5.74, 6) is 0. The number of hydrogen-bond acceptors (Lipinski definition) is 4. The molecule has 0 rings (SSSR count). The molecule has 0 aliphatic rings. The van der Waals surface area contributed by atoms with E-state index in [4.69, 9.17) is 17.9 Å². The molecule has 0 atom stereocenters. The second-order valence-corrected chi connectivity index (χ2v) is 0.346. The van der Waals surface area contributed by atoms with Crippen LogP contribution in [0.25, 0.3) is 0 Å². The molecule has 0 unspecified atom stereocenters. The SMILES string of the molecule is OB(O)O.[O]=[Zr]. The summed E-state index contributed by atoms with van der Waals surface area (Å²) in [5, 5.41) is 21.5. The molecule has 34 valence electrons. The molecule has 0 amide bonds. The van der Waals surface area contributed by atoms with E-state index in [1.165, 1.54) is 0 Å². The Morgan fingerprint density at radius 2 is 1.17 bits per heavy atom. The van der Waals surface area contributed by atoms with Crippen LogP contribution in [0.1, 0.15) is 0 Å². The average Bonchev–Trinajstić information content (AvgIpc) is 1.41. The van der Waals surface area contributed by atoms with Crippen LogP contribution in [0.2, 0.25) is 0 Å². The molecule has 0 aliphatic heterocycles. The fourth-order valence-electron chi connectivity index (χ4n) is 0. The fourth-order valence-corrected chi connectivity index (χ4v) is 0. The molecule has 0 fully saturated rings. The third kappa shape index (κ3) is 154. The van der Waals surface area contributed by atoms with E-state index in [1.54, 1.807) is 0 Å². The van der Waals surface area contributed by atoms with Crippen molar-refractivity contribution in [3.8, 4) is 0 Å². The van der Waals surface area contributed by atoms with Crippen molar-refractivity contribution in [1.82, 2.24) is 0 Å². The summed E-state index contributed by atoms with van der Waals surface area (Å²) in [4.78, 5) is 0. The number of hydrogen-bond donors (Lipinski definition) is 3. The maximum absolute atomic E-state index is 8.34. The minimum atomic E-state index is -2.17. The summed E-state index contributed by atoms with van der Waals surface area (Å²) in [6.07, 6.45) is 0. The molecule has 0 radical (unpaired) electrons. The van der Waals surface area contributed by atoms with Gasteiger partial charge in [0.05, 0.1) is 0 Å². The van der Waals surface area contributed by atoms with Gasteiger partial charge in [-0.15, -0.1) is 0 Å². The van der Waals surface area contributed by atoms with Gasteiger partial charge in [-0.3, -0.25) is 0 Å². The van der Waals surface area contributed by atoms with E-state index in [0.29, 0.717) is 24.7 Å². The molecule has 6 heteroatoms. The van der Waals surface area contributed by atoms with Crippen molar-refractivity contribution >= 4 is 7.32 Å². The Hall–Kier alpha value is 0.628. The Labute approximate surface area is 50.3 Å². The maximum atomic E-state index is 8.34. The quantitative estimate of drug-likeness (QED) is 0.360. The molecule has 3 N–H and O–H groups in total. The Morgan fingerprint density at radius 1 is 1.17 bits per heavy atom. The van der Waals surface area contributed by atoms with Crippen molar-refractivity contribution in [2.45, 2.75) is 0 Å². The van der Waals surface area contributed by atoms with E-state index in [2.05, 4.69) is 0 Å². The van der Waals surface area contributed by atoms with Crippen LogP contribution in [0.5, 0.6) is 0 Å². The first-order chi connectivity index (χ1) is 2.73. The molecular weight excluding hydrogens is 166 g/mol. The summed E-state index contributed by atoms with van der Waals surface area (Å²) in [6, 6.07) is 0. The van der Waals surface area contributed by atoms with Gasteiger partial charge in [0.2, 0.25) is 0 Å². The van der Waals surface area contributed by atoms with Crippen LogP contribution in [-0.4, -0.2) is 22.4 Å². The van der Waals surface area contributed by atoms with E-state index in [9.17, 15) is 0 Å². The van der Waals surface area contributed by atoms with Crippen molar-refractivity contribution in [1.29, 1.82) is 0 Å². The van der Waals surface area contributed by atoms with Crippen LogP contribution in [0.3, 0.4) is 0 Å².